The van der Waals surface area contributed by atoms with Crippen LogP contribution in [-0.4, -0.2) is 170 Å². The summed E-state index contributed by atoms with van der Waals surface area (Å²) in [4.78, 5) is 149. The number of benzene rings is 5. The van der Waals surface area contributed by atoms with Crippen LogP contribution in [-0.2, 0) is 68.8 Å². The number of phenols is 1. The number of para-hydroxylation sites is 1. The van der Waals surface area contributed by atoms with Crippen molar-refractivity contribution in [2.45, 2.75) is 112 Å². The number of carboxylic acids is 1. The maximum Gasteiger partial charge on any atom is 0.327 e. The topological polar surface area (TPSA) is 399 Å². The van der Waals surface area contributed by atoms with Crippen molar-refractivity contribution in [2.75, 3.05) is 25.1 Å². The van der Waals surface area contributed by atoms with E-state index in [1.165, 1.54) is 38.2 Å². The Morgan fingerprint density at radius 3 is 1.75 bits per heavy atom. The number of aromatic hydroxyl groups is 1. The van der Waals surface area contributed by atoms with E-state index in [0.29, 0.717) is 39.6 Å². The maximum absolute atomic E-state index is 15.3. The number of aliphatic hydroxyl groups is 1. The Morgan fingerprint density at radius 2 is 1.13 bits per heavy atom. The number of aliphatic carboxylic acids is 1. The van der Waals surface area contributed by atoms with Crippen molar-refractivity contribution in [3.8, 4) is 5.75 Å². The SMILES string of the molecule is C[C@@H](O)[C@@H]1NC(=O)[C@H](CCCCN)NC(=O)[C@@H](Cc2c[nH]c3ccccc23)NC(=O)[C@H](N(C)C(=O)c2ccccc2)NC(=O)[C@H](Cc2ccccc2)NC(=O)[C@@H](NC(=O)[C@@H](N)Cc2ccc(O)cc2)CSSC[C@@H](C(=O)O)NC(=O)[C@H](Cc2ccccc2)NC1=O. The van der Waals surface area contributed by atoms with Crippen molar-refractivity contribution in [1.29, 1.82) is 0 Å². The molecule has 1 fully saturated rings. The van der Waals surface area contributed by atoms with Crippen LogP contribution in [0.1, 0.15) is 58.8 Å². The third-order valence-corrected chi connectivity index (χ3v) is 17.4. The van der Waals surface area contributed by atoms with Crippen LogP contribution >= 0.6 is 21.6 Å². The molecule has 91 heavy (non-hydrogen) atoms. The summed E-state index contributed by atoms with van der Waals surface area (Å²) in [5.74, 6) is -10.7. The van der Waals surface area contributed by atoms with Crippen LogP contribution in [0.4, 0.5) is 0 Å². The van der Waals surface area contributed by atoms with Gasteiger partial charge >= 0.3 is 5.97 Å². The van der Waals surface area contributed by atoms with Gasteiger partial charge in [0.05, 0.1) is 12.1 Å². The molecule has 6 aromatic rings. The summed E-state index contributed by atoms with van der Waals surface area (Å²) >= 11 is 0. The van der Waals surface area contributed by atoms with Crippen molar-refractivity contribution in [2.24, 2.45) is 11.5 Å². The van der Waals surface area contributed by atoms with Gasteiger partial charge in [-0.25, -0.2) is 4.79 Å². The highest BCUT2D eigenvalue weighted by Gasteiger charge is 2.39. The predicted octanol–water partition coefficient (Wildman–Crippen LogP) is 1.07. The van der Waals surface area contributed by atoms with Crippen LogP contribution in [0.2, 0.25) is 0 Å². The molecule has 10 atom stereocenters. The van der Waals surface area contributed by atoms with Crippen molar-refractivity contribution in [3.05, 3.63) is 174 Å². The second-order valence-electron chi connectivity index (χ2n) is 21.9. The molecule has 0 radical (unpaired) electrons. The van der Waals surface area contributed by atoms with Gasteiger partial charge in [0.15, 0.2) is 6.17 Å². The molecule has 27 heteroatoms. The Labute approximate surface area is 533 Å². The Hall–Kier alpha value is -9.28. The molecule has 0 aliphatic carbocycles. The summed E-state index contributed by atoms with van der Waals surface area (Å²) in [6.45, 7) is 1.41. The van der Waals surface area contributed by atoms with Gasteiger partial charge in [-0.2, -0.15) is 0 Å². The molecule has 2 heterocycles. The molecule has 1 aliphatic heterocycles. The lowest BCUT2D eigenvalue weighted by molar-refractivity contribution is -0.141. The minimum Gasteiger partial charge on any atom is -0.508 e. The number of nitrogens with zero attached hydrogens (tertiary/aromatic N) is 1. The molecular weight excluding hydrogens is 1210 g/mol. The first-order valence-electron chi connectivity index (χ1n) is 29.5. The smallest absolute Gasteiger partial charge is 0.327 e. The number of aromatic nitrogens is 1. The van der Waals surface area contributed by atoms with Crippen LogP contribution in [0.25, 0.3) is 10.9 Å². The van der Waals surface area contributed by atoms with E-state index in [2.05, 4.69) is 47.5 Å². The zero-order valence-corrected chi connectivity index (χ0v) is 51.7. The summed E-state index contributed by atoms with van der Waals surface area (Å²) in [7, 11) is 3.06. The second-order valence-corrected chi connectivity index (χ2v) is 24.5. The minimum absolute atomic E-state index is 0.0269. The zero-order valence-electron chi connectivity index (χ0n) is 50.0. The van der Waals surface area contributed by atoms with E-state index in [1.807, 2.05) is 0 Å². The number of carbonyl (C=O) groups excluding carboxylic acids is 9. The fraction of sp³-hybridized carbons (Fsp3) is 0.344. The van der Waals surface area contributed by atoms with Crippen molar-refractivity contribution in [3.63, 3.8) is 0 Å². The van der Waals surface area contributed by atoms with Crippen LogP contribution in [0, 0.1) is 0 Å². The van der Waals surface area contributed by atoms with Gasteiger partial charge in [-0.3, -0.25) is 43.2 Å². The molecule has 0 unspecified atom stereocenters. The molecule has 1 aliphatic rings. The van der Waals surface area contributed by atoms with E-state index in [9.17, 15) is 48.9 Å². The lowest BCUT2D eigenvalue weighted by Gasteiger charge is -2.32. The van der Waals surface area contributed by atoms with Crippen molar-refractivity contribution in [1.82, 2.24) is 52.4 Å². The number of nitrogens with one attached hydrogen (secondary N) is 9. The van der Waals surface area contributed by atoms with Crippen LogP contribution in [0.3, 0.4) is 0 Å². The van der Waals surface area contributed by atoms with Gasteiger partial charge < -0.3 is 79.2 Å². The molecule has 1 aromatic heterocycles. The Bertz CT molecular complexity index is 3480. The zero-order chi connectivity index (χ0) is 65.6. The number of H-pyrrole nitrogens is 1. The molecule has 9 amide bonds. The molecule has 482 valence electrons. The van der Waals surface area contributed by atoms with Gasteiger partial charge in [-0.15, -0.1) is 0 Å². The number of phenolic OH excluding ortho intramolecular Hbond substituents is 1. The number of unbranched alkanes of at least 4 members (excludes halogenated alkanes) is 1. The number of carboxylic acid groups (broad SMARTS) is 1. The first-order valence-corrected chi connectivity index (χ1v) is 31.9. The van der Waals surface area contributed by atoms with Gasteiger partial charge in [0, 0.05) is 60.5 Å². The summed E-state index contributed by atoms with van der Waals surface area (Å²) < 4.78 is 0. The minimum atomic E-state index is -1.95. The summed E-state index contributed by atoms with van der Waals surface area (Å²) in [6.07, 6.45) is -2.13. The number of likely N-dealkylation sites (N-methyl/N-ethyl adjacent to an activating group) is 1. The van der Waals surface area contributed by atoms with Gasteiger partial charge in [-0.1, -0.05) is 131 Å². The number of rotatable bonds is 18. The third kappa shape index (κ3) is 20.4. The highest BCUT2D eigenvalue weighted by molar-refractivity contribution is 8.76. The Kier molecular flexibility index (Phi) is 25.9. The molecule has 0 saturated carbocycles. The van der Waals surface area contributed by atoms with Crippen LogP contribution < -0.4 is 54.0 Å². The van der Waals surface area contributed by atoms with Crippen molar-refractivity contribution >= 4 is 91.6 Å². The quantitative estimate of drug-likeness (QED) is 0.0423. The molecule has 5 aromatic carbocycles. The van der Waals surface area contributed by atoms with Crippen LogP contribution in [0.5, 0.6) is 5.75 Å². The summed E-state index contributed by atoms with van der Waals surface area (Å²) in [5, 5.41) is 53.2. The molecule has 1 saturated heterocycles. The predicted molar refractivity (Wildman–Crippen MR) is 343 cm³/mol. The number of carbonyl (C=O) groups is 10. The molecular formula is C64H76N12O13S2. The Morgan fingerprint density at radius 1 is 0.604 bits per heavy atom. The van der Waals surface area contributed by atoms with E-state index in [4.69, 9.17) is 11.5 Å². The summed E-state index contributed by atoms with van der Waals surface area (Å²) in [5.41, 5.74) is 15.2. The van der Waals surface area contributed by atoms with E-state index in [-0.39, 0.29) is 67.9 Å². The molecule has 16 N–H and O–H groups in total. The maximum atomic E-state index is 15.3. The number of amides is 9. The average molecular weight is 1290 g/mol. The monoisotopic (exact) mass is 1280 g/mol. The third-order valence-electron chi connectivity index (χ3n) is 15.0. The number of hydrogen-bond donors (Lipinski definition) is 14. The lowest BCUT2D eigenvalue weighted by Crippen LogP contribution is -2.64. The molecule has 0 spiro atoms. The van der Waals surface area contributed by atoms with Crippen LogP contribution in [0.15, 0.2) is 146 Å². The summed E-state index contributed by atoms with van der Waals surface area (Å²) in [6, 6.07) is 25.4. The number of fused-ring (bicyclic) bond motifs is 1. The molecule has 0 bridgehead atoms. The van der Waals surface area contributed by atoms with Gasteiger partial charge in [-0.05, 0) is 91.7 Å². The lowest BCUT2D eigenvalue weighted by atomic mass is 10.0. The van der Waals surface area contributed by atoms with Crippen molar-refractivity contribution < 1.29 is 63.3 Å². The fourth-order valence-corrected chi connectivity index (χ4v) is 12.2. The largest absolute Gasteiger partial charge is 0.508 e. The number of aromatic amines is 1. The van der Waals surface area contributed by atoms with Gasteiger partial charge in [0.25, 0.3) is 11.8 Å². The molecule has 25 nitrogen and oxygen atoms in total. The average Bonchev–Trinajstić information content (AvgIpc) is 2.17. The van der Waals surface area contributed by atoms with E-state index < -0.39 is 120 Å². The van der Waals surface area contributed by atoms with Gasteiger partial charge in [0.2, 0.25) is 41.4 Å². The first-order chi connectivity index (χ1) is 43.7. The van der Waals surface area contributed by atoms with E-state index in [0.717, 1.165) is 26.5 Å². The highest BCUT2D eigenvalue weighted by atomic mass is 33.1. The fourth-order valence-electron chi connectivity index (χ4n) is 9.92. The highest BCUT2D eigenvalue weighted by Crippen LogP contribution is 2.25. The number of hydrogen-bond acceptors (Lipinski definition) is 16. The Balaban J connectivity index is 1.32. The first kappa shape index (κ1) is 69.2. The number of aliphatic hydroxyl groups excluding tert-OH is 1. The molecule has 7 rings (SSSR count). The van der Waals surface area contributed by atoms with E-state index >= 15 is 14.4 Å². The number of nitrogens with two attached hydrogens (primary N) is 2. The van der Waals surface area contributed by atoms with E-state index in [1.54, 1.807) is 121 Å². The van der Waals surface area contributed by atoms with Gasteiger partial charge in [0.1, 0.15) is 48.0 Å². The second kappa shape index (κ2) is 34.1. The standard InChI is InChI=1S/C64H76N12O13S2/c1-37(77)53-61(85)70-48(31-38-16-6-3-7-17-38)57(81)73-52(64(88)89)36-91-90-35-51(72-55(79)45(66)30-40-25-27-43(78)28-26-40)60(84)69-49(32-39-18-8-4-9-19-39)59(83)75-54(76(2)63(87)41-20-10-5-11-21-41)62(86)71-50(33-42-34-67-46-23-13-12-22-44(42)46)58(82)68-47(56(80)74-53)24-14-15-29-65/h3-13,16-23,25-28,34,37,45,47-54,67,77-78H,14-15,24,29-33,35-36,65-66H2,1-2H3,(H,68,82)(H,69,84)(H,70,85)(H,71,86)(H,72,79)(H,73,81)(H,74,80)(H,75,83)(H,88,89)/t37-,45+,47+,48+,49+,50-,51+,52+,53+,54+/m1/s1. The normalized spacial score (nSPS) is 21.9.